The van der Waals surface area contributed by atoms with Gasteiger partial charge in [0.25, 0.3) is 0 Å². The average molecular weight is 280 g/mol. The highest BCUT2D eigenvalue weighted by Crippen LogP contribution is 2.22. The van der Waals surface area contributed by atoms with Gasteiger partial charge in [0, 0.05) is 6.08 Å². The van der Waals surface area contributed by atoms with Gasteiger partial charge in [-0.3, -0.25) is 0 Å². The summed E-state index contributed by atoms with van der Waals surface area (Å²) in [4.78, 5) is 11.2. The van der Waals surface area contributed by atoms with E-state index in [2.05, 4.69) is 26.8 Å². The van der Waals surface area contributed by atoms with E-state index in [0.717, 1.165) is 6.42 Å². The van der Waals surface area contributed by atoms with Crippen LogP contribution in [0.15, 0.2) is 24.3 Å². The van der Waals surface area contributed by atoms with Crippen molar-refractivity contribution in [2.45, 2.75) is 79.2 Å². The van der Waals surface area contributed by atoms with Crippen LogP contribution in [0.3, 0.4) is 0 Å². The number of rotatable bonds is 9. The van der Waals surface area contributed by atoms with Crippen molar-refractivity contribution < 1.29 is 9.53 Å². The molecule has 0 fully saturated rings. The zero-order valence-corrected chi connectivity index (χ0v) is 13.9. The molecule has 0 aliphatic heterocycles. The summed E-state index contributed by atoms with van der Waals surface area (Å²) in [6.45, 7) is 10.6. The molecule has 0 spiro atoms. The second-order valence-electron chi connectivity index (χ2n) is 6.79. The molecule has 2 nitrogen and oxygen atoms in total. The first-order chi connectivity index (χ1) is 9.31. The Morgan fingerprint density at radius 3 is 2.30 bits per heavy atom. The second kappa shape index (κ2) is 10.7. The maximum atomic E-state index is 11.2. The summed E-state index contributed by atoms with van der Waals surface area (Å²) in [5.74, 6) is -0.271. The molecule has 0 aromatic rings. The Morgan fingerprint density at radius 2 is 1.70 bits per heavy atom. The number of allylic oxidation sites excluding steroid dienone is 3. The molecule has 20 heavy (non-hydrogen) atoms. The molecule has 0 heterocycles. The molecule has 2 heteroatoms. The Morgan fingerprint density at radius 1 is 1.05 bits per heavy atom. The first kappa shape index (κ1) is 18.9. The molecule has 0 unspecified atom stereocenters. The van der Waals surface area contributed by atoms with Gasteiger partial charge in [0.15, 0.2) is 0 Å². The van der Waals surface area contributed by atoms with Crippen molar-refractivity contribution in [3.8, 4) is 0 Å². The zero-order chi connectivity index (χ0) is 15.4. The van der Waals surface area contributed by atoms with E-state index in [0.29, 0.717) is 5.41 Å². The predicted octanol–water partition coefficient (Wildman–Crippen LogP) is 5.44. The minimum atomic E-state index is -0.271. The van der Waals surface area contributed by atoms with Crippen LogP contribution in [0.4, 0.5) is 0 Å². The van der Waals surface area contributed by atoms with Crippen LogP contribution in [0.25, 0.3) is 0 Å². The summed E-state index contributed by atoms with van der Waals surface area (Å²) in [6, 6.07) is 0. The van der Waals surface area contributed by atoms with Crippen molar-refractivity contribution in [3.05, 3.63) is 24.3 Å². The highest BCUT2D eigenvalue weighted by molar-refractivity contribution is 5.82. The molecule has 0 saturated heterocycles. The Bertz CT molecular complexity index is 306. The maximum absolute atomic E-state index is 11.2. The predicted molar refractivity (Wildman–Crippen MR) is 86.7 cm³/mol. The zero-order valence-electron chi connectivity index (χ0n) is 13.9. The lowest BCUT2D eigenvalue weighted by Gasteiger charge is -2.17. The van der Waals surface area contributed by atoms with Crippen LogP contribution in [0.2, 0.25) is 0 Å². The summed E-state index contributed by atoms with van der Waals surface area (Å²) in [6.07, 6.45) is 14.8. The highest BCUT2D eigenvalue weighted by Gasteiger charge is 2.08. The van der Waals surface area contributed by atoms with Gasteiger partial charge >= 0.3 is 5.97 Å². The van der Waals surface area contributed by atoms with Crippen molar-refractivity contribution in [1.82, 2.24) is 0 Å². The fraction of sp³-hybridized carbons (Fsp3) is 0.722. The summed E-state index contributed by atoms with van der Waals surface area (Å²) in [5, 5.41) is 0. The van der Waals surface area contributed by atoms with Crippen molar-refractivity contribution in [2.24, 2.45) is 5.41 Å². The number of carbonyl (C=O) groups excluding carboxylic acids is 1. The van der Waals surface area contributed by atoms with Gasteiger partial charge in [0.2, 0.25) is 0 Å². The van der Waals surface area contributed by atoms with Crippen LogP contribution in [-0.2, 0) is 9.53 Å². The van der Waals surface area contributed by atoms with E-state index < -0.39 is 0 Å². The highest BCUT2D eigenvalue weighted by atomic mass is 16.5. The van der Waals surface area contributed by atoms with Crippen LogP contribution in [0.5, 0.6) is 0 Å². The molecular weight excluding hydrogens is 248 g/mol. The number of hydrogen-bond donors (Lipinski definition) is 0. The van der Waals surface area contributed by atoms with Gasteiger partial charge in [-0.2, -0.15) is 0 Å². The molecule has 0 saturated carbocycles. The van der Waals surface area contributed by atoms with E-state index in [-0.39, 0.29) is 12.1 Å². The van der Waals surface area contributed by atoms with Crippen molar-refractivity contribution in [3.63, 3.8) is 0 Å². The standard InChI is InChI=1S/C18H32O2/c1-16(2)20-17(19)14-12-10-8-6-7-9-11-13-15-18(3,4)5/h8,10,12,14,16H,6-7,9,11,13,15H2,1-5H3. The van der Waals surface area contributed by atoms with Crippen molar-refractivity contribution in [1.29, 1.82) is 0 Å². The Balaban J connectivity index is 3.49. The third-order valence-corrected chi connectivity index (χ3v) is 2.88. The first-order valence-corrected chi connectivity index (χ1v) is 7.85. The first-order valence-electron chi connectivity index (χ1n) is 7.85. The van der Waals surface area contributed by atoms with E-state index >= 15 is 0 Å². The monoisotopic (exact) mass is 280 g/mol. The SMILES string of the molecule is CC(C)OC(=O)C=CC=CCCCCCCC(C)(C)C. The van der Waals surface area contributed by atoms with Crippen LogP contribution in [0, 0.1) is 5.41 Å². The molecule has 0 amide bonds. The molecule has 0 aliphatic carbocycles. The fourth-order valence-corrected chi connectivity index (χ4v) is 1.85. The molecule has 0 N–H and O–H groups in total. The van der Waals surface area contributed by atoms with E-state index in [1.165, 1.54) is 38.2 Å². The van der Waals surface area contributed by atoms with E-state index in [1.54, 1.807) is 6.08 Å². The summed E-state index contributed by atoms with van der Waals surface area (Å²) >= 11 is 0. The van der Waals surface area contributed by atoms with Crippen molar-refractivity contribution in [2.75, 3.05) is 0 Å². The summed E-state index contributed by atoms with van der Waals surface area (Å²) < 4.78 is 4.99. The summed E-state index contributed by atoms with van der Waals surface area (Å²) in [7, 11) is 0. The quantitative estimate of drug-likeness (QED) is 0.243. The van der Waals surface area contributed by atoms with Crippen LogP contribution in [0.1, 0.15) is 73.1 Å². The van der Waals surface area contributed by atoms with E-state index in [4.69, 9.17) is 4.74 Å². The molecule has 116 valence electrons. The third kappa shape index (κ3) is 15.0. The van der Waals surface area contributed by atoms with E-state index in [9.17, 15) is 4.79 Å². The Kier molecular flexibility index (Phi) is 10.1. The third-order valence-electron chi connectivity index (χ3n) is 2.88. The van der Waals surface area contributed by atoms with Gasteiger partial charge in [0.1, 0.15) is 0 Å². The second-order valence-corrected chi connectivity index (χ2v) is 6.79. The minimum Gasteiger partial charge on any atom is -0.460 e. The van der Waals surface area contributed by atoms with Crippen LogP contribution in [-0.4, -0.2) is 12.1 Å². The number of carbonyl (C=O) groups is 1. The van der Waals surface area contributed by atoms with Crippen molar-refractivity contribution >= 4 is 5.97 Å². The topological polar surface area (TPSA) is 26.3 Å². The Labute approximate surface area is 125 Å². The van der Waals surface area contributed by atoms with Gasteiger partial charge < -0.3 is 4.74 Å². The number of hydrogen-bond acceptors (Lipinski definition) is 2. The van der Waals surface area contributed by atoms with Gasteiger partial charge in [-0.25, -0.2) is 4.79 Å². The fourth-order valence-electron chi connectivity index (χ4n) is 1.85. The van der Waals surface area contributed by atoms with E-state index in [1.807, 2.05) is 19.9 Å². The van der Waals surface area contributed by atoms with Gasteiger partial charge in [0.05, 0.1) is 6.10 Å². The summed E-state index contributed by atoms with van der Waals surface area (Å²) in [5.41, 5.74) is 0.468. The lowest BCUT2D eigenvalue weighted by Crippen LogP contribution is -2.08. The van der Waals surface area contributed by atoms with Crippen LogP contribution < -0.4 is 0 Å². The molecule has 0 aromatic heterocycles. The molecule has 0 atom stereocenters. The van der Waals surface area contributed by atoms with Gasteiger partial charge in [-0.05, 0) is 38.5 Å². The maximum Gasteiger partial charge on any atom is 0.330 e. The van der Waals surface area contributed by atoms with Gasteiger partial charge in [-0.1, -0.05) is 58.3 Å². The number of unbranched alkanes of at least 4 members (excludes halogenated alkanes) is 4. The molecule has 0 aliphatic rings. The lowest BCUT2D eigenvalue weighted by molar-refractivity contribution is -0.141. The minimum absolute atomic E-state index is 0.0516. The smallest absolute Gasteiger partial charge is 0.330 e. The molecule has 0 bridgehead atoms. The number of ether oxygens (including phenoxy) is 1. The van der Waals surface area contributed by atoms with Gasteiger partial charge in [-0.15, -0.1) is 0 Å². The molecular formula is C18H32O2. The lowest BCUT2D eigenvalue weighted by atomic mass is 9.89. The normalized spacial score (nSPS) is 12.7. The molecule has 0 aromatic carbocycles. The molecule has 0 rings (SSSR count). The van der Waals surface area contributed by atoms with Crippen LogP contribution >= 0.6 is 0 Å². The number of esters is 1. The molecule has 0 radical (unpaired) electrons. The largest absolute Gasteiger partial charge is 0.460 e. The Hall–Kier alpha value is -1.05. The average Bonchev–Trinajstić information content (AvgIpc) is 2.29.